The first-order valence-corrected chi connectivity index (χ1v) is 7.15. The van der Waals surface area contributed by atoms with Crippen LogP contribution in [0.3, 0.4) is 0 Å². The van der Waals surface area contributed by atoms with Gasteiger partial charge in [0, 0.05) is 22.7 Å². The van der Waals surface area contributed by atoms with E-state index in [0.717, 1.165) is 29.5 Å². The van der Waals surface area contributed by atoms with Crippen LogP contribution in [-0.2, 0) is 0 Å². The van der Waals surface area contributed by atoms with Crippen LogP contribution in [-0.4, -0.2) is 42.1 Å². The Morgan fingerprint density at radius 2 is 2.39 bits per heavy atom. The Morgan fingerprint density at radius 3 is 3.11 bits per heavy atom. The summed E-state index contributed by atoms with van der Waals surface area (Å²) in [6, 6.07) is 5.35. The molecule has 1 saturated heterocycles. The molecule has 1 aliphatic heterocycles. The van der Waals surface area contributed by atoms with Crippen LogP contribution in [0, 0.1) is 3.57 Å². The van der Waals surface area contributed by atoms with E-state index in [9.17, 15) is 9.90 Å². The molecule has 2 rings (SSSR count). The summed E-state index contributed by atoms with van der Waals surface area (Å²) in [6.07, 6.45) is 2.06. The minimum absolute atomic E-state index is 0.0653. The molecule has 1 unspecified atom stereocenters. The number of likely N-dealkylation sites (tertiary alicyclic amines) is 1. The smallest absolute Gasteiger partial charge is 0.257 e. The van der Waals surface area contributed by atoms with Gasteiger partial charge in [0.25, 0.3) is 5.91 Å². The number of benzene rings is 1. The molecule has 1 heterocycles. The van der Waals surface area contributed by atoms with Crippen molar-refractivity contribution in [2.45, 2.75) is 18.9 Å². The Hall–Kier alpha value is -0.820. The van der Waals surface area contributed by atoms with E-state index in [1.165, 1.54) is 0 Å². The van der Waals surface area contributed by atoms with Crippen molar-refractivity contribution in [2.75, 3.05) is 20.1 Å². The van der Waals surface area contributed by atoms with Gasteiger partial charge < -0.3 is 15.3 Å². The van der Waals surface area contributed by atoms with Gasteiger partial charge in [-0.3, -0.25) is 4.79 Å². The fourth-order valence-electron chi connectivity index (χ4n) is 2.39. The normalized spacial score (nSPS) is 19.2. The summed E-state index contributed by atoms with van der Waals surface area (Å²) >= 11 is 2.15. The van der Waals surface area contributed by atoms with Crippen LogP contribution in [0.1, 0.15) is 23.2 Å². The number of phenolic OH excluding ortho intramolecular Hbond substituents is 1. The Labute approximate surface area is 121 Å². The molecule has 0 aliphatic carbocycles. The lowest BCUT2D eigenvalue weighted by Crippen LogP contribution is -2.40. The minimum Gasteiger partial charge on any atom is -0.507 e. The summed E-state index contributed by atoms with van der Waals surface area (Å²) in [5.41, 5.74) is 0.407. The molecular weight excluding hydrogens is 343 g/mol. The number of nitrogens with zero attached hydrogens (tertiary/aromatic N) is 1. The maximum Gasteiger partial charge on any atom is 0.257 e. The summed E-state index contributed by atoms with van der Waals surface area (Å²) in [5, 5.41) is 12.9. The molecule has 18 heavy (non-hydrogen) atoms. The second-order valence-corrected chi connectivity index (χ2v) is 5.76. The number of carbonyl (C=O) groups excluding carboxylic acids is 1. The number of phenols is 1. The summed E-state index contributed by atoms with van der Waals surface area (Å²) < 4.78 is 0.957. The lowest BCUT2D eigenvalue weighted by molar-refractivity contribution is 0.0734. The molecule has 1 aliphatic rings. The van der Waals surface area contributed by atoms with Crippen molar-refractivity contribution in [3.8, 4) is 5.75 Å². The van der Waals surface area contributed by atoms with Gasteiger partial charge in [-0.25, -0.2) is 0 Å². The van der Waals surface area contributed by atoms with Gasteiger partial charge in [-0.2, -0.15) is 0 Å². The van der Waals surface area contributed by atoms with Crippen LogP contribution in [0.4, 0.5) is 0 Å². The average molecular weight is 360 g/mol. The predicted molar refractivity (Wildman–Crippen MR) is 78.8 cm³/mol. The van der Waals surface area contributed by atoms with Crippen molar-refractivity contribution in [1.29, 1.82) is 0 Å². The Balaban J connectivity index is 2.22. The second-order valence-electron chi connectivity index (χ2n) is 4.51. The molecular formula is C13H17IN2O2. The topological polar surface area (TPSA) is 52.6 Å². The SMILES string of the molecule is CNCC1CCCN1C(=O)c1cc(I)ccc1O. The van der Waals surface area contributed by atoms with Crippen molar-refractivity contribution >= 4 is 28.5 Å². The number of hydrogen-bond acceptors (Lipinski definition) is 3. The van der Waals surface area contributed by atoms with Crippen LogP contribution >= 0.6 is 22.6 Å². The zero-order chi connectivity index (χ0) is 13.1. The van der Waals surface area contributed by atoms with Gasteiger partial charge in [0.05, 0.1) is 5.56 Å². The molecule has 5 heteroatoms. The van der Waals surface area contributed by atoms with E-state index < -0.39 is 0 Å². The first kappa shape index (κ1) is 13.6. The van der Waals surface area contributed by atoms with Crippen molar-refractivity contribution in [3.63, 3.8) is 0 Å². The molecule has 1 amide bonds. The largest absolute Gasteiger partial charge is 0.507 e. The molecule has 0 aromatic heterocycles. The molecule has 0 saturated carbocycles. The zero-order valence-corrected chi connectivity index (χ0v) is 12.5. The molecule has 1 aromatic rings. The number of hydrogen-bond donors (Lipinski definition) is 2. The number of rotatable bonds is 3. The molecule has 1 fully saturated rings. The van der Waals surface area contributed by atoms with Crippen LogP contribution in [0.5, 0.6) is 5.75 Å². The van der Waals surface area contributed by atoms with Crippen LogP contribution in [0.15, 0.2) is 18.2 Å². The first-order chi connectivity index (χ1) is 8.63. The van der Waals surface area contributed by atoms with E-state index in [-0.39, 0.29) is 17.7 Å². The standard InChI is InChI=1S/C13H17IN2O2/c1-15-8-10-3-2-6-16(10)13(18)11-7-9(14)4-5-12(11)17/h4-5,7,10,15,17H,2-3,6,8H2,1H3. The maximum atomic E-state index is 12.4. The predicted octanol–water partition coefficient (Wildman–Crippen LogP) is 1.82. The molecule has 0 spiro atoms. The van der Waals surface area contributed by atoms with E-state index in [1.807, 2.05) is 11.9 Å². The van der Waals surface area contributed by atoms with Gasteiger partial charge in [0.2, 0.25) is 0 Å². The minimum atomic E-state index is -0.0660. The number of aromatic hydroxyl groups is 1. The highest BCUT2D eigenvalue weighted by Crippen LogP contribution is 2.25. The van der Waals surface area contributed by atoms with Crippen molar-refractivity contribution in [2.24, 2.45) is 0 Å². The Bertz CT molecular complexity index is 451. The van der Waals surface area contributed by atoms with Gasteiger partial charge in [0.1, 0.15) is 5.75 Å². The van der Waals surface area contributed by atoms with Gasteiger partial charge in [-0.15, -0.1) is 0 Å². The quantitative estimate of drug-likeness (QED) is 0.809. The van der Waals surface area contributed by atoms with Gasteiger partial charge in [-0.05, 0) is 60.7 Å². The van der Waals surface area contributed by atoms with Gasteiger partial charge >= 0.3 is 0 Å². The number of halogens is 1. The Kier molecular flexibility index (Phi) is 4.45. The summed E-state index contributed by atoms with van der Waals surface area (Å²) in [7, 11) is 1.89. The highest BCUT2D eigenvalue weighted by Gasteiger charge is 2.30. The molecule has 0 radical (unpaired) electrons. The highest BCUT2D eigenvalue weighted by molar-refractivity contribution is 14.1. The van der Waals surface area contributed by atoms with Gasteiger partial charge in [-0.1, -0.05) is 0 Å². The molecule has 1 atom stereocenters. The van der Waals surface area contributed by atoms with E-state index in [2.05, 4.69) is 27.9 Å². The van der Waals surface area contributed by atoms with Crippen LogP contribution in [0.2, 0.25) is 0 Å². The van der Waals surface area contributed by atoms with E-state index in [0.29, 0.717) is 5.56 Å². The number of likely N-dealkylation sites (N-methyl/N-ethyl adjacent to an activating group) is 1. The lowest BCUT2D eigenvalue weighted by Gasteiger charge is -2.25. The molecule has 4 nitrogen and oxygen atoms in total. The van der Waals surface area contributed by atoms with Crippen molar-refractivity contribution in [1.82, 2.24) is 10.2 Å². The maximum absolute atomic E-state index is 12.4. The van der Waals surface area contributed by atoms with Crippen LogP contribution in [0.25, 0.3) is 0 Å². The fourth-order valence-corrected chi connectivity index (χ4v) is 2.88. The lowest BCUT2D eigenvalue weighted by atomic mass is 10.1. The average Bonchev–Trinajstić information content (AvgIpc) is 2.80. The van der Waals surface area contributed by atoms with Gasteiger partial charge in [0.15, 0.2) is 0 Å². The summed E-state index contributed by atoms with van der Waals surface area (Å²) in [6.45, 7) is 1.58. The molecule has 2 N–H and O–H groups in total. The second kappa shape index (κ2) is 5.88. The third kappa shape index (κ3) is 2.77. The number of amides is 1. The Morgan fingerprint density at radius 1 is 1.61 bits per heavy atom. The first-order valence-electron chi connectivity index (χ1n) is 6.07. The highest BCUT2D eigenvalue weighted by atomic mass is 127. The van der Waals surface area contributed by atoms with Crippen molar-refractivity contribution < 1.29 is 9.90 Å². The third-order valence-electron chi connectivity index (χ3n) is 3.27. The number of carbonyl (C=O) groups is 1. The molecule has 98 valence electrons. The third-order valence-corrected chi connectivity index (χ3v) is 3.94. The van der Waals surface area contributed by atoms with E-state index in [4.69, 9.17) is 0 Å². The monoisotopic (exact) mass is 360 g/mol. The summed E-state index contributed by atoms with van der Waals surface area (Å²) in [4.78, 5) is 14.3. The van der Waals surface area contributed by atoms with Crippen LogP contribution < -0.4 is 5.32 Å². The molecule has 0 bridgehead atoms. The number of nitrogens with one attached hydrogen (secondary N) is 1. The van der Waals surface area contributed by atoms with E-state index >= 15 is 0 Å². The fraction of sp³-hybridized carbons (Fsp3) is 0.462. The zero-order valence-electron chi connectivity index (χ0n) is 10.3. The van der Waals surface area contributed by atoms with Crippen molar-refractivity contribution in [3.05, 3.63) is 27.3 Å². The summed E-state index contributed by atoms with van der Waals surface area (Å²) in [5.74, 6) is -0.000658. The van der Waals surface area contributed by atoms with E-state index in [1.54, 1.807) is 18.2 Å². The molecule has 1 aromatic carbocycles.